The van der Waals surface area contributed by atoms with E-state index in [0.717, 1.165) is 18.4 Å². The first kappa shape index (κ1) is 15.5. The van der Waals surface area contributed by atoms with E-state index in [2.05, 4.69) is 37.3 Å². The molecule has 2 aromatic carbocycles. The summed E-state index contributed by atoms with van der Waals surface area (Å²) in [6.45, 7) is 3.94. The summed E-state index contributed by atoms with van der Waals surface area (Å²) in [5.74, 6) is 0. The predicted octanol–water partition coefficient (Wildman–Crippen LogP) is 4.19. The van der Waals surface area contributed by atoms with Crippen molar-refractivity contribution in [2.75, 3.05) is 0 Å². The largest absolute Gasteiger partial charge is 0.393 e. The second kappa shape index (κ2) is 6.78. The van der Waals surface area contributed by atoms with Crippen molar-refractivity contribution in [1.82, 2.24) is 0 Å². The molecule has 118 valence electrons. The number of aliphatic hydroxyl groups is 1. The summed E-state index contributed by atoms with van der Waals surface area (Å²) < 4.78 is 12.2. The highest BCUT2D eigenvalue weighted by molar-refractivity contribution is 5.83. The van der Waals surface area contributed by atoms with Crippen LogP contribution in [-0.2, 0) is 9.47 Å². The van der Waals surface area contributed by atoms with Crippen molar-refractivity contribution >= 4 is 10.8 Å². The van der Waals surface area contributed by atoms with Crippen molar-refractivity contribution in [1.29, 1.82) is 0 Å². The van der Waals surface area contributed by atoms with Crippen molar-refractivity contribution in [2.45, 2.75) is 57.7 Å². The first-order chi connectivity index (χ1) is 10.7. The van der Waals surface area contributed by atoms with Crippen molar-refractivity contribution in [3.05, 3.63) is 48.0 Å². The van der Waals surface area contributed by atoms with Gasteiger partial charge in [-0.1, -0.05) is 43.3 Å². The zero-order valence-corrected chi connectivity index (χ0v) is 13.2. The van der Waals surface area contributed by atoms with Crippen LogP contribution >= 0.6 is 0 Å². The van der Waals surface area contributed by atoms with Gasteiger partial charge >= 0.3 is 0 Å². The Kier molecular flexibility index (Phi) is 4.77. The fourth-order valence-electron chi connectivity index (χ4n) is 3.09. The summed E-state index contributed by atoms with van der Waals surface area (Å²) >= 11 is 0. The van der Waals surface area contributed by atoms with E-state index in [-0.39, 0.29) is 24.6 Å². The number of fused-ring (bicyclic) bond motifs is 1. The van der Waals surface area contributed by atoms with Gasteiger partial charge in [0.2, 0.25) is 0 Å². The summed E-state index contributed by atoms with van der Waals surface area (Å²) in [6, 6.07) is 14.6. The van der Waals surface area contributed by atoms with Crippen LogP contribution in [0.1, 0.15) is 45.0 Å². The Hall–Kier alpha value is -1.42. The molecule has 0 spiro atoms. The van der Waals surface area contributed by atoms with Crippen LogP contribution in [0.25, 0.3) is 10.8 Å². The lowest BCUT2D eigenvalue weighted by molar-refractivity contribution is -0.252. The van der Waals surface area contributed by atoms with Crippen LogP contribution in [0.3, 0.4) is 0 Å². The second-order valence-corrected chi connectivity index (χ2v) is 6.18. The van der Waals surface area contributed by atoms with Gasteiger partial charge in [0.15, 0.2) is 6.29 Å². The monoisotopic (exact) mass is 300 g/mol. The summed E-state index contributed by atoms with van der Waals surface area (Å²) in [7, 11) is 0. The molecule has 4 unspecified atom stereocenters. The molecule has 1 fully saturated rings. The number of benzene rings is 2. The minimum Gasteiger partial charge on any atom is -0.393 e. The standard InChI is InChI=1S/C19H24O3/c1-3-17-12-18(10-13(2)20)22-19(21-17)16-9-8-14-6-4-5-7-15(14)11-16/h4-9,11,13,17-20H,3,10,12H2,1-2H3. The topological polar surface area (TPSA) is 38.7 Å². The summed E-state index contributed by atoms with van der Waals surface area (Å²) in [6.07, 6.45) is 2.02. The van der Waals surface area contributed by atoms with Gasteiger partial charge in [-0.25, -0.2) is 0 Å². The number of ether oxygens (including phenoxy) is 2. The third-order valence-electron chi connectivity index (χ3n) is 4.26. The van der Waals surface area contributed by atoms with Gasteiger partial charge in [-0.05, 0) is 36.6 Å². The van der Waals surface area contributed by atoms with Crippen molar-refractivity contribution in [2.24, 2.45) is 0 Å². The highest BCUT2D eigenvalue weighted by atomic mass is 16.7. The van der Waals surface area contributed by atoms with Crippen molar-refractivity contribution in [3.8, 4) is 0 Å². The van der Waals surface area contributed by atoms with Crippen LogP contribution in [0.4, 0.5) is 0 Å². The van der Waals surface area contributed by atoms with Crippen LogP contribution in [0.15, 0.2) is 42.5 Å². The van der Waals surface area contributed by atoms with E-state index in [0.29, 0.717) is 6.42 Å². The molecule has 3 heteroatoms. The Morgan fingerprint density at radius 3 is 2.55 bits per heavy atom. The maximum atomic E-state index is 9.64. The quantitative estimate of drug-likeness (QED) is 0.920. The molecule has 1 aliphatic heterocycles. The Balaban J connectivity index is 1.83. The zero-order valence-electron chi connectivity index (χ0n) is 13.2. The summed E-state index contributed by atoms with van der Waals surface area (Å²) in [5.41, 5.74) is 1.05. The lowest BCUT2D eigenvalue weighted by atomic mass is 10.0. The van der Waals surface area contributed by atoms with E-state index in [4.69, 9.17) is 9.47 Å². The Morgan fingerprint density at radius 1 is 1.09 bits per heavy atom. The average molecular weight is 300 g/mol. The van der Waals surface area contributed by atoms with Gasteiger partial charge < -0.3 is 14.6 Å². The molecule has 0 amide bonds. The summed E-state index contributed by atoms with van der Waals surface area (Å²) in [5, 5.41) is 12.1. The highest BCUT2D eigenvalue weighted by Crippen LogP contribution is 2.33. The van der Waals surface area contributed by atoms with Crippen LogP contribution in [0.2, 0.25) is 0 Å². The second-order valence-electron chi connectivity index (χ2n) is 6.18. The molecule has 3 nitrogen and oxygen atoms in total. The van der Waals surface area contributed by atoms with Gasteiger partial charge in [-0.15, -0.1) is 0 Å². The molecule has 4 atom stereocenters. The third-order valence-corrected chi connectivity index (χ3v) is 4.26. The molecule has 0 aromatic heterocycles. The maximum Gasteiger partial charge on any atom is 0.184 e. The van der Waals surface area contributed by atoms with E-state index in [1.807, 2.05) is 19.1 Å². The van der Waals surface area contributed by atoms with Crippen LogP contribution in [0.5, 0.6) is 0 Å². The van der Waals surface area contributed by atoms with Crippen LogP contribution < -0.4 is 0 Å². The molecule has 1 N–H and O–H groups in total. The Bertz CT molecular complexity index is 623. The number of hydrogen-bond acceptors (Lipinski definition) is 3. The van der Waals surface area contributed by atoms with E-state index in [1.165, 1.54) is 10.8 Å². The molecule has 0 aliphatic carbocycles. The molecule has 22 heavy (non-hydrogen) atoms. The molecule has 2 aromatic rings. The fourth-order valence-corrected chi connectivity index (χ4v) is 3.09. The highest BCUT2D eigenvalue weighted by Gasteiger charge is 2.30. The van der Waals surface area contributed by atoms with Crippen LogP contribution in [-0.4, -0.2) is 23.4 Å². The first-order valence-electron chi connectivity index (χ1n) is 8.13. The fraction of sp³-hybridized carbons (Fsp3) is 0.474. The van der Waals surface area contributed by atoms with E-state index < -0.39 is 0 Å². The average Bonchev–Trinajstić information content (AvgIpc) is 2.53. The predicted molar refractivity (Wildman–Crippen MR) is 87.6 cm³/mol. The van der Waals surface area contributed by atoms with E-state index in [9.17, 15) is 5.11 Å². The molecule has 1 aliphatic rings. The normalized spacial score (nSPS) is 27.0. The van der Waals surface area contributed by atoms with Crippen LogP contribution in [0, 0.1) is 0 Å². The Morgan fingerprint density at radius 2 is 1.82 bits per heavy atom. The maximum absolute atomic E-state index is 9.64. The number of rotatable bonds is 4. The lowest BCUT2D eigenvalue weighted by Crippen LogP contribution is -2.35. The zero-order chi connectivity index (χ0) is 15.5. The minimum absolute atomic E-state index is 0.0511. The molecule has 1 heterocycles. The summed E-state index contributed by atoms with van der Waals surface area (Å²) in [4.78, 5) is 0. The van der Waals surface area contributed by atoms with Gasteiger partial charge in [0, 0.05) is 12.0 Å². The first-order valence-corrected chi connectivity index (χ1v) is 8.13. The van der Waals surface area contributed by atoms with Gasteiger partial charge in [-0.3, -0.25) is 0 Å². The molecule has 0 bridgehead atoms. The molecular formula is C19H24O3. The molecular weight excluding hydrogens is 276 g/mol. The lowest BCUT2D eigenvalue weighted by Gasteiger charge is -2.36. The smallest absolute Gasteiger partial charge is 0.184 e. The molecule has 0 saturated carbocycles. The van der Waals surface area contributed by atoms with Crippen molar-refractivity contribution < 1.29 is 14.6 Å². The Labute approximate surface area is 131 Å². The van der Waals surface area contributed by atoms with Crippen molar-refractivity contribution in [3.63, 3.8) is 0 Å². The molecule has 0 radical (unpaired) electrons. The van der Waals surface area contributed by atoms with Gasteiger partial charge in [-0.2, -0.15) is 0 Å². The minimum atomic E-state index is -0.349. The SMILES string of the molecule is CCC1CC(CC(C)O)OC(c2ccc3ccccc3c2)O1. The van der Waals surface area contributed by atoms with Gasteiger partial charge in [0.05, 0.1) is 18.3 Å². The third kappa shape index (κ3) is 3.49. The van der Waals surface area contributed by atoms with E-state index in [1.54, 1.807) is 0 Å². The number of aliphatic hydroxyl groups excluding tert-OH is 1. The van der Waals surface area contributed by atoms with E-state index >= 15 is 0 Å². The molecule has 1 saturated heterocycles. The van der Waals surface area contributed by atoms with Gasteiger partial charge in [0.25, 0.3) is 0 Å². The number of hydrogen-bond donors (Lipinski definition) is 1. The molecule has 3 rings (SSSR count). The van der Waals surface area contributed by atoms with Gasteiger partial charge in [0.1, 0.15) is 0 Å².